The third-order valence-electron chi connectivity index (χ3n) is 3.65. The van der Waals surface area contributed by atoms with Crippen LogP contribution in [0.15, 0.2) is 48.5 Å². The summed E-state index contributed by atoms with van der Waals surface area (Å²) in [6.45, 7) is 3.05. The summed E-state index contributed by atoms with van der Waals surface area (Å²) in [6, 6.07) is 16.9. The quantitative estimate of drug-likeness (QED) is 0.685. The van der Waals surface area contributed by atoms with E-state index in [0.717, 1.165) is 18.0 Å². The molecule has 0 aliphatic carbocycles. The first-order chi connectivity index (χ1) is 10.3. The lowest BCUT2D eigenvalue weighted by Crippen LogP contribution is -1.99. The molecule has 0 saturated heterocycles. The summed E-state index contributed by atoms with van der Waals surface area (Å²) in [7, 11) is 1.70. The Morgan fingerprint density at radius 2 is 1.76 bits per heavy atom. The van der Waals surface area contributed by atoms with E-state index in [1.54, 1.807) is 7.11 Å². The number of nitrogens with one attached hydrogen (secondary N) is 1. The van der Waals surface area contributed by atoms with E-state index in [1.165, 1.54) is 36.8 Å². The van der Waals surface area contributed by atoms with Crippen molar-refractivity contribution in [2.75, 3.05) is 12.4 Å². The summed E-state index contributed by atoms with van der Waals surface area (Å²) in [4.78, 5) is 0. The number of hydrogen-bond donors (Lipinski definition) is 1. The van der Waals surface area contributed by atoms with Crippen LogP contribution in [-0.4, -0.2) is 7.11 Å². The highest BCUT2D eigenvalue weighted by molar-refractivity contribution is 5.45. The van der Waals surface area contributed by atoms with Gasteiger partial charge in [-0.1, -0.05) is 44.0 Å². The van der Waals surface area contributed by atoms with E-state index in [2.05, 4.69) is 48.6 Å². The van der Waals surface area contributed by atoms with Crippen LogP contribution >= 0.6 is 0 Å². The van der Waals surface area contributed by atoms with E-state index in [9.17, 15) is 0 Å². The van der Waals surface area contributed by atoms with Gasteiger partial charge in [0.1, 0.15) is 5.75 Å². The summed E-state index contributed by atoms with van der Waals surface area (Å²) in [6.07, 6.45) is 5.06. The molecule has 2 aromatic rings. The average molecular weight is 283 g/mol. The van der Waals surface area contributed by atoms with Crippen LogP contribution in [0.4, 0.5) is 5.69 Å². The Morgan fingerprint density at radius 3 is 2.48 bits per heavy atom. The van der Waals surface area contributed by atoms with Crippen molar-refractivity contribution in [1.29, 1.82) is 0 Å². The molecule has 0 unspecified atom stereocenters. The van der Waals surface area contributed by atoms with Gasteiger partial charge in [-0.15, -0.1) is 0 Å². The molecule has 0 amide bonds. The molecule has 0 aliphatic rings. The van der Waals surface area contributed by atoms with Crippen LogP contribution in [0.1, 0.15) is 37.3 Å². The maximum atomic E-state index is 5.24. The van der Waals surface area contributed by atoms with Gasteiger partial charge in [0.2, 0.25) is 0 Å². The Hall–Kier alpha value is -1.96. The Bertz CT molecular complexity index is 534. The Balaban J connectivity index is 1.85. The highest BCUT2D eigenvalue weighted by atomic mass is 16.5. The molecule has 21 heavy (non-hydrogen) atoms. The minimum absolute atomic E-state index is 0.812. The van der Waals surface area contributed by atoms with Crippen LogP contribution in [0.25, 0.3) is 0 Å². The number of hydrogen-bond acceptors (Lipinski definition) is 2. The van der Waals surface area contributed by atoms with E-state index in [4.69, 9.17) is 4.74 Å². The van der Waals surface area contributed by atoms with Gasteiger partial charge in [0.25, 0.3) is 0 Å². The van der Waals surface area contributed by atoms with Crippen LogP contribution in [0.5, 0.6) is 5.75 Å². The van der Waals surface area contributed by atoms with Gasteiger partial charge in [-0.25, -0.2) is 0 Å². The van der Waals surface area contributed by atoms with Crippen molar-refractivity contribution in [1.82, 2.24) is 0 Å². The molecule has 0 saturated carbocycles. The lowest BCUT2D eigenvalue weighted by Gasteiger charge is -2.09. The monoisotopic (exact) mass is 283 g/mol. The van der Waals surface area contributed by atoms with Gasteiger partial charge in [-0.2, -0.15) is 0 Å². The predicted octanol–water partition coefficient (Wildman–Crippen LogP) is 5.04. The second-order valence-electron chi connectivity index (χ2n) is 5.36. The summed E-state index contributed by atoms with van der Waals surface area (Å²) in [5.41, 5.74) is 3.81. The molecule has 0 aromatic heterocycles. The van der Waals surface area contributed by atoms with Gasteiger partial charge in [0, 0.05) is 12.2 Å². The molecule has 2 nitrogen and oxygen atoms in total. The van der Waals surface area contributed by atoms with Gasteiger partial charge in [0.05, 0.1) is 7.11 Å². The van der Waals surface area contributed by atoms with E-state index in [1.807, 2.05) is 12.1 Å². The maximum absolute atomic E-state index is 5.24. The SMILES string of the molecule is CCCCCc1ccc(NCc2cccc(OC)c2)cc1. The zero-order chi connectivity index (χ0) is 14.9. The number of methoxy groups -OCH3 is 1. The second kappa shape index (κ2) is 8.35. The molecule has 2 rings (SSSR count). The highest BCUT2D eigenvalue weighted by Crippen LogP contribution is 2.16. The first kappa shape index (κ1) is 15.4. The predicted molar refractivity (Wildman–Crippen MR) is 90.0 cm³/mol. The standard InChI is InChI=1S/C19H25NO/c1-3-4-5-7-16-10-12-18(13-11-16)20-15-17-8-6-9-19(14-17)21-2/h6,8-14,20H,3-5,7,15H2,1-2H3. The number of unbranched alkanes of at least 4 members (excludes halogenated alkanes) is 2. The van der Waals surface area contributed by atoms with Gasteiger partial charge in [-0.05, 0) is 48.2 Å². The zero-order valence-corrected chi connectivity index (χ0v) is 13.1. The Kier molecular flexibility index (Phi) is 6.14. The van der Waals surface area contributed by atoms with Crippen molar-refractivity contribution in [3.05, 3.63) is 59.7 Å². The normalized spacial score (nSPS) is 10.4. The number of anilines is 1. The summed E-state index contributed by atoms with van der Waals surface area (Å²) in [5, 5.41) is 3.45. The van der Waals surface area contributed by atoms with Gasteiger partial charge >= 0.3 is 0 Å². The summed E-state index contributed by atoms with van der Waals surface area (Å²) >= 11 is 0. The number of aryl methyl sites for hydroxylation is 1. The first-order valence-electron chi connectivity index (χ1n) is 7.77. The van der Waals surface area contributed by atoms with E-state index in [-0.39, 0.29) is 0 Å². The smallest absolute Gasteiger partial charge is 0.119 e. The minimum atomic E-state index is 0.812. The molecule has 112 valence electrons. The van der Waals surface area contributed by atoms with Crippen molar-refractivity contribution in [3.63, 3.8) is 0 Å². The summed E-state index contributed by atoms with van der Waals surface area (Å²) < 4.78 is 5.24. The van der Waals surface area contributed by atoms with Gasteiger partial charge in [-0.3, -0.25) is 0 Å². The van der Waals surface area contributed by atoms with Crippen molar-refractivity contribution in [2.45, 2.75) is 39.2 Å². The van der Waals surface area contributed by atoms with Crippen LogP contribution in [0.2, 0.25) is 0 Å². The molecular formula is C19H25NO. The van der Waals surface area contributed by atoms with E-state index in [0.29, 0.717) is 0 Å². The van der Waals surface area contributed by atoms with Crippen LogP contribution in [0, 0.1) is 0 Å². The lowest BCUT2D eigenvalue weighted by molar-refractivity contribution is 0.414. The number of rotatable bonds is 8. The molecule has 0 spiro atoms. The molecule has 0 fully saturated rings. The minimum Gasteiger partial charge on any atom is -0.497 e. The fourth-order valence-corrected chi connectivity index (χ4v) is 2.35. The molecule has 2 aromatic carbocycles. The van der Waals surface area contributed by atoms with Crippen LogP contribution < -0.4 is 10.1 Å². The fourth-order valence-electron chi connectivity index (χ4n) is 2.35. The maximum Gasteiger partial charge on any atom is 0.119 e. The average Bonchev–Trinajstić information content (AvgIpc) is 2.54. The van der Waals surface area contributed by atoms with Crippen molar-refractivity contribution >= 4 is 5.69 Å². The molecule has 0 bridgehead atoms. The third-order valence-corrected chi connectivity index (χ3v) is 3.65. The van der Waals surface area contributed by atoms with E-state index >= 15 is 0 Å². The molecular weight excluding hydrogens is 258 g/mol. The molecule has 0 heterocycles. The number of ether oxygens (including phenoxy) is 1. The van der Waals surface area contributed by atoms with Crippen LogP contribution in [0.3, 0.4) is 0 Å². The highest BCUT2D eigenvalue weighted by Gasteiger charge is 1.98. The van der Waals surface area contributed by atoms with Gasteiger partial charge < -0.3 is 10.1 Å². The Morgan fingerprint density at radius 1 is 0.952 bits per heavy atom. The molecule has 2 heteroatoms. The Labute approximate surface area is 128 Å². The van der Waals surface area contributed by atoms with Crippen molar-refractivity contribution in [3.8, 4) is 5.75 Å². The van der Waals surface area contributed by atoms with Crippen LogP contribution in [-0.2, 0) is 13.0 Å². The lowest BCUT2D eigenvalue weighted by atomic mass is 10.1. The molecule has 1 N–H and O–H groups in total. The van der Waals surface area contributed by atoms with Gasteiger partial charge in [0.15, 0.2) is 0 Å². The zero-order valence-electron chi connectivity index (χ0n) is 13.1. The largest absolute Gasteiger partial charge is 0.497 e. The van der Waals surface area contributed by atoms with Crippen molar-refractivity contribution < 1.29 is 4.74 Å². The third kappa shape index (κ3) is 5.14. The molecule has 0 radical (unpaired) electrons. The first-order valence-corrected chi connectivity index (χ1v) is 7.77. The second-order valence-corrected chi connectivity index (χ2v) is 5.36. The fraction of sp³-hybridized carbons (Fsp3) is 0.368. The van der Waals surface area contributed by atoms with Crippen molar-refractivity contribution in [2.24, 2.45) is 0 Å². The van der Waals surface area contributed by atoms with E-state index < -0.39 is 0 Å². The molecule has 0 aliphatic heterocycles. The topological polar surface area (TPSA) is 21.3 Å². The summed E-state index contributed by atoms with van der Waals surface area (Å²) in [5.74, 6) is 0.903. The number of benzene rings is 2. The molecule has 0 atom stereocenters.